The van der Waals surface area contributed by atoms with Crippen molar-refractivity contribution in [2.45, 2.75) is 64.8 Å². The smallest absolute Gasteiger partial charge is 0.408 e. The fraction of sp³-hybridized carbons (Fsp3) is 0.407. The minimum absolute atomic E-state index is 0.0482. The Morgan fingerprint density at radius 1 is 1.08 bits per heavy atom. The lowest BCUT2D eigenvalue weighted by Crippen LogP contribution is -2.51. The number of hydrogen-bond donors (Lipinski definition) is 4. The predicted octanol–water partition coefficient (Wildman–Crippen LogP) is 2.68. The van der Waals surface area contributed by atoms with E-state index in [0.717, 1.165) is 5.56 Å². The molecular formula is C27H36N4O6. The van der Waals surface area contributed by atoms with Crippen LogP contribution in [-0.2, 0) is 25.7 Å². The molecule has 0 heterocycles. The van der Waals surface area contributed by atoms with Gasteiger partial charge in [-0.3, -0.25) is 14.4 Å². The zero-order chi connectivity index (χ0) is 27.8. The number of hydrogen-bond acceptors (Lipinski definition) is 6. The van der Waals surface area contributed by atoms with Gasteiger partial charge in [-0.2, -0.15) is 0 Å². The number of primary amides is 1. The van der Waals surface area contributed by atoms with E-state index in [9.17, 15) is 24.3 Å². The molecule has 0 aromatic heterocycles. The van der Waals surface area contributed by atoms with Crippen LogP contribution in [0.2, 0.25) is 0 Å². The second kappa shape index (κ2) is 12.8. The summed E-state index contributed by atoms with van der Waals surface area (Å²) in [4.78, 5) is 52.0. The zero-order valence-corrected chi connectivity index (χ0v) is 21.9. The van der Waals surface area contributed by atoms with E-state index in [4.69, 9.17) is 10.5 Å². The number of amides is 4. The van der Waals surface area contributed by atoms with Crippen molar-refractivity contribution in [3.63, 3.8) is 0 Å². The molecule has 0 radical (unpaired) electrons. The highest BCUT2D eigenvalue weighted by Gasteiger charge is 2.34. The number of rotatable bonds is 10. The van der Waals surface area contributed by atoms with Crippen molar-refractivity contribution in [2.24, 2.45) is 5.73 Å². The molecule has 0 saturated heterocycles. The maximum atomic E-state index is 13.6. The van der Waals surface area contributed by atoms with Gasteiger partial charge >= 0.3 is 6.09 Å². The van der Waals surface area contributed by atoms with Gasteiger partial charge in [0.15, 0.2) is 0 Å². The fourth-order valence-corrected chi connectivity index (χ4v) is 3.65. The number of phenols is 1. The van der Waals surface area contributed by atoms with Crippen LogP contribution in [0.3, 0.4) is 0 Å². The summed E-state index contributed by atoms with van der Waals surface area (Å²) in [5.41, 5.74) is 6.33. The highest BCUT2D eigenvalue weighted by atomic mass is 16.6. The van der Waals surface area contributed by atoms with Crippen LogP contribution < -0.4 is 16.4 Å². The molecule has 0 aliphatic rings. The molecule has 4 amide bonds. The summed E-state index contributed by atoms with van der Waals surface area (Å²) in [6, 6.07) is 11.6. The highest BCUT2D eigenvalue weighted by molar-refractivity contribution is 5.92. The molecular weight excluding hydrogens is 476 g/mol. The maximum absolute atomic E-state index is 13.6. The number of carbonyl (C=O) groups excluding carboxylic acids is 4. The van der Waals surface area contributed by atoms with Crippen LogP contribution in [0.1, 0.15) is 56.3 Å². The Balaban J connectivity index is 2.35. The number of alkyl carbamates (subject to hydrolysis) is 1. The molecule has 0 aliphatic heterocycles. The molecule has 2 rings (SSSR count). The summed E-state index contributed by atoms with van der Waals surface area (Å²) in [7, 11) is 1.44. The minimum Gasteiger partial charge on any atom is -0.508 e. The van der Waals surface area contributed by atoms with Crippen LogP contribution in [0.25, 0.3) is 0 Å². The third kappa shape index (κ3) is 9.14. The number of nitrogens with one attached hydrogen (secondary N) is 2. The van der Waals surface area contributed by atoms with Crippen molar-refractivity contribution in [1.82, 2.24) is 15.5 Å². The molecule has 2 unspecified atom stereocenters. The Labute approximate surface area is 217 Å². The first kappa shape index (κ1) is 29.2. The number of ether oxygens (including phenoxy) is 1. The van der Waals surface area contributed by atoms with Crippen molar-refractivity contribution in [3.05, 3.63) is 65.2 Å². The van der Waals surface area contributed by atoms with Crippen molar-refractivity contribution in [3.8, 4) is 5.75 Å². The van der Waals surface area contributed by atoms with Gasteiger partial charge in [-0.15, -0.1) is 0 Å². The number of aryl methyl sites for hydroxylation is 1. The summed E-state index contributed by atoms with van der Waals surface area (Å²) in [5.74, 6) is -1.67. The second-order valence-corrected chi connectivity index (χ2v) is 9.80. The van der Waals surface area contributed by atoms with Crippen LogP contribution in [0.5, 0.6) is 5.75 Å². The van der Waals surface area contributed by atoms with Gasteiger partial charge in [0.1, 0.15) is 23.4 Å². The number of phenolic OH excluding ortho intramolecular Hbond substituents is 1. The van der Waals surface area contributed by atoms with Crippen molar-refractivity contribution in [1.29, 1.82) is 0 Å². The predicted molar refractivity (Wildman–Crippen MR) is 138 cm³/mol. The summed E-state index contributed by atoms with van der Waals surface area (Å²) >= 11 is 0. The Morgan fingerprint density at radius 3 is 2.30 bits per heavy atom. The van der Waals surface area contributed by atoms with Gasteiger partial charge in [-0.1, -0.05) is 36.4 Å². The van der Waals surface area contributed by atoms with Gasteiger partial charge < -0.3 is 31.1 Å². The van der Waals surface area contributed by atoms with Crippen molar-refractivity contribution >= 4 is 23.8 Å². The lowest BCUT2D eigenvalue weighted by atomic mass is 10.00. The van der Waals surface area contributed by atoms with Gasteiger partial charge in [0.25, 0.3) is 0 Å². The number of aromatic hydroxyl groups is 1. The Hall–Kier alpha value is -4.08. The average Bonchev–Trinajstić information content (AvgIpc) is 2.81. The van der Waals surface area contributed by atoms with Gasteiger partial charge in [-0.05, 0) is 62.9 Å². The molecule has 10 heteroatoms. The van der Waals surface area contributed by atoms with Gasteiger partial charge in [0.05, 0.1) is 0 Å². The Kier molecular flexibility index (Phi) is 10.0. The standard InChI is InChI=1S/C27H36N4O6/c1-17-15-19(11-13-21(17)32)23(24(34)29-16-18-9-7-6-8-10-18)31(5)25(35)20(12-14-22(28)33)30-26(36)37-27(2,3)4/h6-11,13,15,20,23,32H,12,14,16H2,1-5H3,(H2,28,33)(H,29,34)(H,30,36). The number of nitrogens with two attached hydrogens (primary N) is 1. The number of carbonyl (C=O) groups is 4. The number of likely N-dealkylation sites (N-methyl/N-ethyl adjacent to an activating group) is 1. The molecule has 0 saturated carbocycles. The highest BCUT2D eigenvalue weighted by Crippen LogP contribution is 2.26. The molecule has 5 N–H and O–H groups in total. The third-order valence-electron chi connectivity index (χ3n) is 5.50. The fourth-order valence-electron chi connectivity index (χ4n) is 3.65. The van der Waals surface area contributed by atoms with E-state index in [-0.39, 0.29) is 25.1 Å². The first-order chi connectivity index (χ1) is 17.3. The van der Waals surface area contributed by atoms with Crippen molar-refractivity contribution in [2.75, 3.05) is 7.05 Å². The van der Waals surface area contributed by atoms with Crippen LogP contribution >= 0.6 is 0 Å². The molecule has 200 valence electrons. The first-order valence-corrected chi connectivity index (χ1v) is 11.9. The van der Waals surface area contributed by atoms with E-state index in [1.54, 1.807) is 39.8 Å². The monoisotopic (exact) mass is 512 g/mol. The SMILES string of the molecule is Cc1cc(C(C(=O)NCc2ccccc2)N(C)C(=O)C(CCC(N)=O)NC(=O)OC(C)(C)C)ccc1O. The third-order valence-corrected chi connectivity index (χ3v) is 5.50. The quantitative estimate of drug-likeness (QED) is 0.384. The van der Waals surface area contributed by atoms with E-state index in [1.807, 2.05) is 30.3 Å². The second-order valence-electron chi connectivity index (χ2n) is 9.80. The molecule has 0 aliphatic carbocycles. The van der Waals surface area contributed by atoms with Crippen LogP contribution in [0.15, 0.2) is 48.5 Å². The van der Waals surface area contributed by atoms with Crippen LogP contribution in [0.4, 0.5) is 4.79 Å². The zero-order valence-electron chi connectivity index (χ0n) is 21.9. The Morgan fingerprint density at radius 2 is 1.73 bits per heavy atom. The average molecular weight is 513 g/mol. The lowest BCUT2D eigenvalue weighted by Gasteiger charge is -2.32. The summed E-state index contributed by atoms with van der Waals surface area (Å²) < 4.78 is 5.27. The van der Waals surface area contributed by atoms with Crippen molar-refractivity contribution < 1.29 is 29.0 Å². The molecule has 0 spiro atoms. The number of benzene rings is 2. The van der Waals surface area contributed by atoms with E-state index < -0.39 is 41.5 Å². The minimum atomic E-state index is -1.17. The summed E-state index contributed by atoms with van der Waals surface area (Å²) in [6.45, 7) is 6.95. The largest absolute Gasteiger partial charge is 0.508 e. The molecule has 37 heavy (non-hydrogen) atoms. The molecule has 2 atom stereocenters. The van der Waals surface area contributed by atoms with E-state index in [0.29, 0.717) is 11.1 Å². The van der Waals surface area contributed by atoms with Gasteiger partial charge in [0, 0.05) is 20.0 Å². The molecule has 2 aromatic carbocycles. The van der Waals surface area contributed by atoms with E-state index >= 15 is 0 Å². The molecule has 0 fully saturated rings. The van der Waals surface area contributed by atoms with E-state index in [1.165, 1.54) is 18.0 Å². The molecule has 0 bridgehead atoms. The Bertz CT molecular complexity index is 1110. The maximum Gasteiger partial charge on any atom is 0.408 e. The van der Waals surface area contributed by atoms with Crippen LogP contribution in [0, 0.1) is 6.92 Å². The first-order valence-electron chi connectivity index (χ1n) is 11.9. The van der Waals surface area contributed by atoms with Crippen LogP contribution in [-0.4, -0.2) is 52.5 Å². The number of nitrogens with zero attached hydrogens (tertiary/aromatic N) is 1. The van der Waals surface area contributed by atoms with Gasteiger partial charge in [-0.25, -0.2) is 4.79 Å². The topological polar surface area (TPSA) is 151 Å². The van der Waals surface area contributed by atoms with E-state index in [2.05, 4.69) is 10.6 Å². The molecule has 10 nitrogen and oxygen atoms in total. The summed E-state index contributed by atoms with van der Waals surface area (Å²) in [5, 5.41) is 15.3. The molecule has 2 aromatic rings. The normalized spacial score (nSPS) is 12.7. The van der Waals surface area contributed by atoms with Gasteiger partial charge in [0.2, 0.25) is 17.7 Å². The lowest BCUT2D eigenvalue weighted by molar-refractivity contribution is -0.141. The summed E-state index contributed by atoms with van der Waals surface area (Å²) in [6.07, 6.45) is -1.08.